The van der Waals surface area contributed by atoms with E-state index in [1.807, 2.05) is 35.3 Å². The molecule has 0 radical (unpaired) electrons. The van der Waals surface area contributed by atoms with Gasteiger partial charge in [0, 0.05) is 61.5 Å². The molecule has 2 aromatic carbocycles. The Labute approximate surface area is 234 Å². The Hall–Kier alpha value is -3.48. The Kier molecular flexibility index (Phi) is 4.59. The Morgan fingerprint density at radius 2 is 1.86 bits per heavy atom. The number of anilines is 1. The molecule has 0 bridgehead atoms. The van der Waals surface area contributed by atoms with Gasteiger partial charge in [-0.15, -0.1) is 0 Å². The molecule has 7 heteroatoms. The lowest BCUT2D eigenvalue weighted by Crippen LogP contribution is -2.36. The summed E-state index contributed by atoms with van der Waals surface area (Å²) < 4.78 is 103. The number of hydrogen-bond donors (Lipinski definition) is 2. The normalized spacial score (nSPS) is 28.6. The van der Waals surface area contributed by atoms with Crippen LogP contribution in [-0.4, -0.2) is 35.8 Å². The molecule has 5 rings (SSSR count). The standard InChI is InChI=1S/C30H37N3O4/c1-33-19-22(26-18-24(14-15-27(26)33)32-30(35)37-25-10-6-7-11-25)16-20-12-13-21(17-28(20)36-2)29(34)31-23-8-4-3-5-9-23/h12-15,17-19,23,25H,3-11,16H2,1-2H3,(H,31,34)(H,32,35)/i3D2,4D2,5D2,8D2,9D2,23D. The quantitative estimate of drug-likeness (QED) is 0.386. The van der Waals surface area contributed by atoms with Gasteiger partial charge in [-0.3, -0.25) is 10.1 Å². The van der Waals surface area contributed by atoms with E-state index in [9.17, 15) is 9.59 Å². The number of amides is 2. The fourth-order valence-corrected chi connectivity index (χ4v) is 4.73. The van der Waals surface area contributed by atoms with Gasteiger partial charge < -0.3 is 19.4 Å². The van der Waals surface area contributed by atoms with Crippen molar-refractivity contribution >= 4 is 28.6 Å². The molecule has 2 aliphatic rings. The van der Waals surface area contributed by atoms with Gasteiger partial charge in [0.05, 0.1) is 8.48 Å². The van der Waals surface area contributed by atoms with Gasteiger partial charge in [-0.2, -0.15) is 0 Å². The van der Waals surface area contributed by atoms with Crippen molar-refractivity contribution in [3.8, 4) is 5.75 Å². The van der Waals surface area contributed by atoms with Gasteiger partial charge >= 0.3 is 6.09 Å². The van der Waals surface area contributed by atoms with Crippen LogP contribution in [0.25, 0.3) is 10.9 Å². The van der Waals surface area contributed by atoms with Crippen molar-refractivity contribution in [2.45, 2.75) is 76.1 Å². The SMILES string of the molecule is [2H]C1([2H])C([2H])([2H])C([2H])([2H])C([2H])(NC(=O)c2ccc(Cc3cn(C)c4ccc(NC(=O)OC5CCCC5)cc34)c(OC)c2)C([2H])([2H])C1([2H])[2H]. The molecule has 1 heterocycles. The number of fused-ring (bicyclic) bond motifs is 1. The predicted octanol–water partition coefficient (Wildman–Crippen LogP) is 6.33. The van der Waals surface area contributed by atoms with Crippen LogP contribution in [0.2, 0.25) is 0 Å². The smallest absolute Gasteiger partial charge is 0.411 e. The van der Waals surface area contributed by atoms with Gasteiger partial charge in [-0.25, -0.2) is 4.79 Å². The van der Waals surface area contributed by atoms with E-state index in [4.69, 9.17) is 24.6 Å². The van der Waals surface area contributed by atoms with E-state index in [2.05, 4.69) is 5.32 Å². The van der Waals surface area contributed by atoms with E-state index in [0.29, 0.717) is 17.7 Å². The summed E-state index contributed by atoms with van der Waals surface area (Å²) in [5.74, 6) is -1.01. The number of nitrogens with zero attached hydrogens (tertiary/aromatic N) is 1. The van der Waals surface area contributed by atoms with Crippen LogP contribution in [-0.2, 0) is 18.2 Å². The Bertz CT molecular complexity index is 1720. The second kappa shape index (κ2) is 11.3. The van der Waals surface area contributed by atoms with E-state index in [1.54, 1.807) is 12.1 Å². The molecule has 0 atom stereocenters. The zero-order chi connectivity index (χ0) is 35.7. The first-order valence-corrected chi connectivity index (χ1v) is 12.2. The van der Waals surface area contributed by atoms with Crippen LogP contribution in [0, 0.1) is 0 Å². The highest BCUT2D eigenvalue weighted by Crippen LogP contribution is 2.30. The van der Waals surface area contributed by atoms with Crippen LogP contribution >= 0.6 is 0 Å². The van der Waals surface area contributed by atoms with Crippen molar-refractivity contribution in [1.82, 2.24) is 9.88 Å². The van der Waals surface area contributed by atoms with Crippen LogP contribution in [0.5, 0.6) is 5.75 Å². The molecule has 3 aromatic rings. The predicted molar refractivity (Wildman–Crippen MR) is 145 cm³/mol. The summed E-state index contributed by atoms with van der Waals surface area (Å²) in [6.07, 6.45) is -13.3. The van der Waals surface area contributed by atoms with Gasteiger partial charge in [0.2, 0.25) is 0 Å². The van der Waals surface area contributed by atoms with Crippen molar-refractivity contribution in [3.05, 3.63) is 59.3 Å². The maximum absolute atomic E-state index is 13.4. The van der Waals surface area contributed by atoms with E-state index in [-0.39, 0.29) is 17.4 Å². The highest BCUT2D eigenvalue weighted by atomic mass is 16.6. The molecular weight excluding hydrogens is 466 g/mol. The largest absolute Gasteiger partial charge is 0.496 e. The fourth-order valence-electron chi connectivity index (χ4n) is 4.73. The molecule has 2 amide bonds. The van der Waals surface area contributed by atoms with Crippen molar-refractivity contribution in [2.75, 3.05) is 12.4 Å². The summed E-state index contributed by atoms with van der Waals surface area (Å²) in [7, 11) is 3.23. The third kappa shape index (κ3) is 5.92. The highest BCUT2D eigenvalue weighted by molar-refractivity contribution is 5.95. The molecule has 0 saturated heterocycles. The van der Waals surface area contributed by atoms with Crippen molar-refractivity contribution in [3.63, 3.8) is 0 Å². The number of benzene rings is 2. The summed E-state index contributed by atoms with van der Waals surface area (Å²) >= 11 is 0. The number of hydrogen-bond acceptors (Lipinski definition) is 4. The summed E-state index contributed by atoms with van der Waals surface area (Å²) in [6.45, 7) is 0. The lowest BCUT2D eigenvalue weighted by Gasteiger charge is -2.23. The summed E-state index contributed by atoms with van der Waals surface area (Å²) in [5, 5.41) is 5.49. The van der Waals surface area contributed by atoms with Crippen LogP contribution in [0.3, 0.4) is 0 Å². The zero-order valence-electron chi connectivity index (χ0n) is 31.7. The van der Waals surface area contributed by atoms with E-state index >= 15 is 0 Å². The number of methoxy groups -OCH3 is 1. The molecule has 7 nitrogen and oxygen atoms in total. The number of ether oxygens (including phenoxy) is 2. The van der Waals surface area contributed by atoms with Gasteiger partial charge in [0.1, 0.15) is 11.9 Å². The van der Waals surface area contributed by atoms with Crippen LogP contribution in [0.1, 0.15) is 94.1 Å². The minimum atomic E-state index is -3.73. The van der Waals surface area contributed by atoms with Crippen LogP contribution in [0.15, 0.2) is 42.6 Å². The first kappa shape index (κ1) is 15.1. The molecule has 0 spiro atoms. The Morgan fingerprint density at radius 1 is 1.08 bits per heavy atom. The molecule has 2 N–H and O–H groups in total. The minimum absolute atomic E-state index is 0.0884. The zero-order valence-corrected chi connectivity index (χ0v) is 20.7. The summed E-state index contributed by atoms with van der Waals surface area (Å²) in [6, 6.07) is 6.02. The number of carbonyl (C=O) groups excluding carboxylic acids is 2. The van der Waals surface area contributed by atoms with E-state index in [1.165, 1.54) is 19.2 Å². The van der Waals surface area contributed by atoms with Crippen molar-refractivity contribution in [1.29, 1.82) is 0 Å². The third-order valence-electron chi connectivity index (χ3n) is 6.56. The number of nitrogens with one attached hydrogen (secondary N) is 2. The molecule has 196 valence electrons. The number of aryl methyl sites for hydroxylation is 1. The number of aromatic nitrogens is 1. The molecule has 1 aromatic heterocycles. The summed E-state index contributed by atoms with van der Waals surface area (Å²) in [5.41, 5.74) is 2.68. The summed E-state index contributed by atoms with van der Waals surface area (Å²) in [4.78, 5) is 25.9. The van der Waals surface area contributed by atoms with Gasteiger partial charge in [-0.1, -0.05) is 25.2 Å². The van der Waals surface area contributed by atoms with E-state index < -0.39 is 49.9 Å². The third-order valence-corrected chi connectivity index (χ3v) is 6.56. The molecule has 37 heavy (non-hydrogen) atoms. The number of rotatable bonds is 7. The van der Waals surface area contributed by atoms with E-state index in [0.717, 1.165) is 42.1 Å². The second-order valence-corrected chi connectivity index (χ2v) is 9.09. The second-order valence-electron chi connectivity index (χ2n) is 9.09. The number of carbonyl (C=O) groups is 2. The first-order chi connectivity index (χ1) is 22.1. The lowest BCUT2D eigenvalue weighted by atomic mass is 9.95. The molecule has 0 unspecified atom stereocenters. The van der Waals surface area contributed by atoms with Crippen LogP contribution < -0.4 is 15.4 Å². The van der Waals surface area contributed by atoms with Gasteiger partial charge in [0.15, 0.2) is 0 Å². The fraction of sp³-hybridized carbons (Fsp3) is 0.467. The van der Waals surface area contributed by atoms with Crippen molar-refractivity contribution < 1.29 is 34.1 Å². The molecule has 2 fully saturated rings. The van der Waals surface area contributed by atoms with Crippen molar-refractivity contribution in [2.24, 2.45) is 7.05 Å². The Balaban J connectivity index is 1.41. The molecule has 2 saturated carbocycles. The Morgan fingerprint density at radius 3 is 2.62 bits per heavy atom. The lowest BCUT2D eigenvalue weighted by molar-refractivity contribution is 0.0927. The molecule has 0 aliphatic heterocycles. The average Bonchev–Trinajstić information content (AvgIpc) is 3.63. The monoisotopic (exact) mass is 514 g/mol. The maximum Gasteiger partial charge on any atom is 0.411 e. The highest BCUT2D eigenvalue weighted by Gasteiger charge is 2.20. The topological polar surface area (TPSA) is 81.6 Å². The van der Waals surface area contributed by atoms with Gasteiger partial charge in [0.25, 0.3) is 5.91 Å². The van der Waals surface area contributed by atoms with Gasteiger partial charge in [-0.05, 0) is 79.9 Å². The molecule has 2 aliphatic carbocycles. The van der Waals surface area contributed by atoms with Crippen LogP contribution in [0.4, 0.5) is 10.5 Å². The maximum atomic E-state index is 13.4. The minimum Gasteiger partial charge on any atom is -0.496 e. The average molecular weight is 515 g/mol. The molecular formula is C30H37N3O4. The first-order valence-electron chi connectivity index (χ1n) is 17.7.